The Labute approximate surface area is 70.9 Å². The van der Waals surface area contributed by atoms with Crippen molar-refractivity contribution in [2.45, 2.75) is 30.9 Å². The Balaban J connectivity index is 2.03. The van der Waals surface area contributed by atoms with Crippen molar-refractivity contribution in [2.24, 2.45) is 0 Å². The molecule has 2 atom stereocenters. The normalized spacial score (nSPS) is 39.8. The zero-order valence-electron chi connectivity index (χ0n) is 6.88. The Morgan fingerprint density at radius 1 is 1.75 bits per heavy atom. The van der Waals surface area contributed by atoms with Crippen molar-refractivity contribution in [3.63, 3.8) is 0 Å². The van der Waals surface area contributed by atoms with E-state index in [0.717, 1.165) is 26.0 Å². The molecule has 68 valence electrons. The number of ether oxygens (including phenoxy) is 1. The smallest absolute Gasteiger partial charge is 0.324 e. The molecular weight excluding hydrogens is 158 g/mol. The van der Waals surface area contributed by atoms with Gasteiger partial charge in [-0.3, -0.25) is 4.79 Å². The monoisotopic (exact) mass is 171 g/mol. The first-order valence-electron chi connectivity index (χ1n) is 4.33. The maximum atomic E-state index is 11.0. The van der Waals surface area contributed by atoms with Crippen LogP contribution in [0.15, 0.2) is 0 Å². The number of carboxylic acid groups (broad SMARTS) is 1. The SMILES string of the molecule is O=C(O)[C@]1(CC2CO2)CCCN1. The minimum atomic E-state index is -0.726. The van der Waals surface area contributed by atoms with E-state index in [1.54, 1.807) is 0 Å². The fraction of sp³-hybridized carbons (Fsp3) is 0.875. The topological polar surface area (TPSA) is 61.9 Å². The van der Waals surface area contributed by atoms with E-state index in [9.17, 15) is 4.79 Å². The number of carboxylic acids is 1. The number of epoxide rings is 1. The minimum absolute atomic E-state index is 0.187. The fourth-order valence-corrected chi connectivity index (χ4v) is 1.82. The molecule has 1 unspecified atom stereocenters. The first kappa shape index (κ1) is 8.01. The summed E-state index contributed by atoms with van der Waals surface area (Å²) in [6.45, 7) is 1.55. The molecule has 0 aromatic heterocycles. The van der Waals surface area contributed by atoms with Gasteiger partial charge >= 0.3 is 5.97 Å². The zero-order chi connectivity index (χ0) is 8.60. The van der Waals surface area contributed by atoms with Crippen molar-refractivity contribution in [3.8, 4) is 0 Å². The highest BCUT2D eigenvalue weighted by Crippen LogP contribution is 2.29. The summed E-state index contributed by atoms with van der Waals surface area (Å²) in [7, 11) is 0. The van der Waals surface area contributed by atoms with Gasteiger partial charge in [0, 0.05) is 6.42 Å². The van der Waals surface area contributed by atoms with Crippen LogP contribution in [0.25, 0.3) is 0 Å². The lowest BCUT2D eigenvalue weighted by Gasteiger charge is -2.23. The van der Waals surface area contributed by atoms with Crippen molar-refractivity contribution in [1.29, 1.82) is 0 Å². The van der Waals surface area contributed by atoms with Crippen LogP contribution in [0.4, 0.5) is 0 Å². The first-order chi connectivity index (χ1) is 5.73. The second-order valence-corrected chi connectivity index (χ2v) is 3.58. The Hall–Kier alpha value is -0.610. The maximum Gasteiger partial charge on any atom is 0.324 e. The lowest BCUT2D eigenvalue weighted by atomic mass is 9.92. The molecule has 2 saturated heterocycles. The summed E-state index contributed by atoms with van der Waals surface area (Å²) < 4.78 is 5.04. The first-order valence-corrected chi connectivity index (χ1v) is 4.33. The van der Waals surface area contributed by atoms with Crippen LogP contribution in [0.5, 0.6) is 0 Å². The Morgan fingerprint density at radius 2 is 2.50 bits per heavy atom. The molecule has 0 aromatic rings. The number of nitrogens with one attached hydrogen (secondary N) is 1. The molecule has 2 rings (SSSR count). The summed E-state index contributed by atoms with van der Waals surface area (Å²) in [4.78, 5) is 11.0. The van der Waals surface area contributed by atoms with Gasteiger partial charge in [-0.15, -0.1) is 0 Å². The zero-order valence-corrected chi connectivity index (χ0v) is 6.88. The average molecular weight is 171 g/mol. The van der Waals surface area contributed by atoms with E-state index in [-0.39, 0.29) is 6.10 Å². The lowest BCUT2D eigenvalue weighted by molar-refractivity contribution is -0.144. The Kier molecular flexibility index (Phi) is 1.81. The highest BCUT2D eigenvalue weighted by Gasteiger charge is 2.45. The molecule has 12 heavy (non-hydrogen) atoms. The third kappa shape index (κ3) is 1.32. The molecule has 0 aliphatic carbocycles. The predicted octanol–water partition coefficient (Wildman–Crippen LogP) is -0.0179. The number of hydrogen-bond acceptors (Lipinski definition) is 3. The minimum Gasteiger partial charge on any atom is -0.480 e. The highest BCUT2D eigenvalue weighted by molar-refractivity contribution is 5.79. The van der Waals surface area contributed by atoms with Gasteiger partial charge in [0.15, 0.2) is 0 Å². The Bertz CT molecular complexity index is 194. The largest absolute Gasteiger partial charge is 0.480 e. The van der Waals surface area contributed by atoms with E-state index in [1.165, 1.54) is 0 Å². The average Bonchev–Trinajstić information content (AvgIpc) is 2.66. The molecule has 0 saturated carbocycles. The van der Waals surface area contributed by atoms with Gasteiger partial charge in [-0.25, -0.2) is 0 Å². The van der Waals surface area contributed by atoms with Gasteiger partial charge in [0.25, 0.3) is 0 Å². The van der Waals surface area contributed by atoms with Crippen LogP contribution in [0.3, 0.4) is 0 Å². The molecule has 4 heteroatoms. The molecule has 2 fully saturated rings. The van der Waals surface area contributed by atoms with E-state index in [4.69, 9.17) is 9.84 Å². The number of hydrogen-bond donors (Lipinski definition) is 2. The van der Waals surface area contributed by atoms with E-state index < -0.39 is 11.5 Å². The molecule has 4 nitrogen and oxygen atoms in total. The lowest BCUT2D eigenvalue weighted by Crippen LogP contribution is -2.48. The van der Waals surface area contributed by atoms with E-state index in [0.29, 0.717) is 6.42 Å². The molecule has 0 bridgehead atoms. The summed E-state index contributed by atoms with van der Waals surface area (Å²) in [5.74, 6) is -0.726. The number of rotatable bonds is 3. The van der Waals surface area contributed by atoms with Crippen molar-refractivity contribution < 1.29 is 14.6 Å². The molecule has 0 radical (unpaired) electrons. The summed E-state index contributed by atoms with van der Waals surface area (Å²) in [5, 5.41) is 12.1. The molecule has 0 aromatic carbocycles. The van der Waals surface area contributed by atoms with Gasteiger partial charge in [0.1, 0.15) is 5.54 Å². The van der Waals surface area contributed by atoms with Crippen LogP contribution in [0.2, 0.25) is 0 Å². The van der Waals surface area contributed by atoms with Gasteiger partial charge < -0.3 is 15.2 Å². The van der Waals surface area contributed by atoms with Crippen molar-refractivity contribution >= 4 is 5.97 Å². The summed E-state index contributed by atoms with van der Waals surface area (Å²) in [6.07, 6.45) is 2.51. The number of aliphatic carboxylic acids is 1. The molecule has 2 N–H and O–H groups in total. The standard InChI is InChI=1S/C8H13NO3/c10-7(11)8(2-1-3-9-8)4-6-5-12-6/h6,9H,1-5H2,(H,10,11)/t6?,8-/m1/s1. The molecule has 2 aliphatic rings. The van der Waals surface area contributed by atoms with E-state index >= 15 is 0 Å². The van der Waals surface area contributed by atoms with Crippen molar-refractivity contribution in [2.75, 3.05) is 13.2 Å². The summed E-state index contributed by atoms with van der Waals surface area (Å²) in [5.41, 5.74) is -0.679. The third-order valence-electron chi connectivity index (χ3n) is 2.63. The third-order valence-corrected chi connectivity index (χ3v) is 2.63. The molecule has 2 heterocycles. The van der Waals surface area contributed by atoms with Gasteiger partial charge in [0.2, 0.25) is 0 Å². The molecular formula is C8H13NO3. The van der Waals surface area contributed by atoms with Crippen molar-refractivity contribution in [1.82, 2.24) is 5.32 Å². The highest BCUT2D eigenvalue weighted by atomic mass is 16.6. The number of carbonyl (C=O) groups is 1. The molecule has 0 amide bonds. The maximum absolute atomic E-state index is 11.0. The molecule has 0 spiro atoms. The van der Waals surface area contributed by atoms with Gasteiger partial charge in [-0.05, 0) is 19.4 Å². The van der Waals surface area contributed by atoms with Crippen LogP contribution in [-0.4, -0.2) is 35.9 Å². The van der Waals surface area contributed by atoms with Crippen LogP contribution < -0.4 is 5.32 Å². The van der Waals surface area contributed by atoms with Gasteiger partial charge in [-0.1, -0.05) is 0 Å². The van der Waals surface area contributed by atoms with Crippen molar-refractivity contribution in [3.05, 3.63) is 0 Å². The van der Waals surface area contributed by atoms with Gasteiger partial charge in [0.05, 0.1) is 12.7 Å². The second-order valence-electron chi connectivity index (χ2n) is 3.58. The van der Waals surface area contributed by atoms with Crippen LogP contribution >= 0.6 is 0 Å². The van der Waals surface area contributed by atoms with Crippen LogP contribution in [0.1, 0.15) is 19.3 Å². The quantitative estimate of drug-likeness (QED) is 0.586. The molecule has 2 aliphatic heterocycles. The van der Waals surface area contributed by atoms with E-state index in [1.807, 2.05) is 0 Å². The second kappa shape index (κ2) is 2.71. The Morgan fingerprint density at radius 3 is 2.92 bits per heavy atom. The van der Waals surface area contributed by atoms with Crippen LogP contribution in [-0.2, 0) is 9.53 Å². The summed E-state index contributed by atoms with van der Waals surface area (Å²) >= 11 is 0. The van der Waals surface area contributed by atoms with E-state index in [2.05, 4.69) is 5.32 Å². The fourth-order valence-electron chi connectivity index (χ4n) is 1.82. The summed E-state index contributed by atoms with van der Waals surface area (Å²) in [6, 6.07) is 0. The van der Waals surface area contributed by atoms with Gasteiger partial charge in [-0.2, -0.15) is 0 Å². The van der Waals surface area contributed by atoms with Crippen LogP contribution in [0, 0.1) is 0 Å². The predicted molar refractivity (Wildman–Crippen MR) is 42.0 cm³/mol.